The molecular weight excluding hydrogens is 414 g/mol. The second kappa shape index (κ2) is 7.88. The Morgan fingerprint density at radius 1 is 1.41 bits per heavy atom. The number of benzene rings is 1. The molecule has 1 unspecified atom stereocenters. The monoisotopic (exact) mass is 433 g/mol. The molecule has 158 valence electrons. The first-order valence-electron chi connectivity index (χ1n) is 8.55. The molecule has 11 heteroatoms. The van der Waals surface area contributed by atoms with E-state index in [2.05, 4.69) is 10.0 Å². The van der Waals surface area contributed by atoms with Crippen LogP contribution >= 0.6 is 11.9 Å². The van der Waals surface area contributed by atoms with Gasteiger partial charge in [0.05, 0.1) is 27.8 Å². The molecular formula is C18H19F4N3O3S. The zero-order chi connectivity index (χ0) is 21.5. The van der Waals surface area contributed by atoms with Crippen LogP contribution in [0.5, 0.6) is 5.75 Å². The van der Waals surface area contributed by atoms with Crippen molar-refractivity contribution in [3.8, 4) is 5.75 Å². The van der Waals surface area contributed by atoms with Gasteiger partial charge in [0.2, 0.25) is 0 Å². The molecule has 29 heavy (non-hydrogen) atoms. The van der Waals surface area contributed by atoms with Gasteiger partial charge in [-0.3, -0.25) is 9.52 Å². The molecule has 1 amide bonds. The van der Waals surface area contributed by atoms with Gasteiger partial charge < -0.3 is 19.7 Å². The lowest BCUT2D eigenvalue weighted by molar-refractivity contribution is 0.0296. The second-order valence-corrected chi connectivity index (χ2v) is 7.98. The Morgan fingerprint density at radius 2 is 2.10 bits per heavy atom. The van der Waals surface area contributed by atoms with Crippen LogP contribution in [0.4, 0.5) is 23.2 Å². The number of aromatic nitrogens is 1. The molecule has 0 fully saturated rings. The largest absolute Gasteiger partial charge is 0.488 e. The number of aliphatic hydroxyl groups is 1. The molecule has 2 heterocycles. The number of halogens is 4. The van der Waals surface area contributed by atoms with Gasteiger partial charge >= 0.3 is 0 Å². The molecule has 0 spiro atoms. The summed E-state index contributed by atoms with van der Waals surface area (Å²) < 4.78 is 63.7. The van der Waals surface area contributed by atoms with Crippen LogP contribution in [0.1, 0.15) is 36.3 Å². The SMILES string of the molecule is Cn1cc2c(c1C(=O)Nc1ccc(F)c(C(F)F)c1F)OCC(C(C)(C)O)NS2. The van der Waals surface area contributed by atoms with E-state index in [1.54, 1.807) is 27.1 Å². The van der Waals surface area contributed by atoms with Crippen molar-refractivity contribution in [2.45, 2.75) is 36.8 Å². The molecule has 1 aliphatic rings. The number of nitrogens with one attached hydrogen (secondary N) is 2. The van der Waals surface area contributed by atoms with Crippen molar-refractivity contribution in [2.24, 2.45) is 7.05 Å². The van der Waals surface area contributed by atoms with Crippen LogP contribution in [0.2, 0.25) is 0 Å². The molecule has 1 aromatic heterocycles. The molecule has 1 aliphatic heterocycles. The number of hydrogen-bond donors (Lipinski definition) is 3. The van der Waals surface area contributed by atoms with Gasteiger partial charge in [0.1, 0.15) is 12.4 Å². The predicted molar refractivity (Wildman–Crippen MR) is 99.3 cm³/mol. The highest BCUT2D eigenvalue weighted by Gasteiger charge is 2.33. The number of carbonyl (C=O) groups excluding carboxylic acids is 1. The number of nitrogens with zero attached hydrogens (tertiary/aromatic N) is 1. The topological polar surface area (TPSA) is 75.5 Å². The highest BCUT2D eigenvalue weighted by atomic mass is 32.2. The molecule has 0 aliphatic carbocycles. The summed E-state index contributed by atoms with van der Waals surface area (Å²) in [6.45, 7) is 3.26. The number of rotatable bonds is 4. The zero-order valence-electron chi connectivity index (χ0n) is 15.7. The molecule has 3 N–H and O–H groups in total. The quantitative estimate of drug-likeness (QED) is 0.507. The summed E-state index contributed by atoms with van der Waals surface area (Å²) in [6.07, 6.45) is -1.77. The lowest BCUT2D eigenvalue weighted by Gasteiger charge is -2.27. The van der Waals surface area contributed by atoms with E-state index in [1.165, 1.54) is 4.57 Å². The fourth-order valence-electron chi connectivity index (χ4n) is 2.78. The van der Waals surface area contributed by atoms with Gasteiger partial charge in [-0.25, -0.2) is 17.6 Å². The van der Waals surface area contributed by atoms with Crippen LogP contribution in [0.15, 0.2) is 23.2 Å². The summed E-state index contributed by atoms with van der Waals surface area (Å²) in [5.41, 5.74) is -3.05. The fraction of sp³-hybridized carbons (Fsp3) is 0.389. The standard InChI is InChI=1S/C18H19F4N3O3S/c1-18(2,27)11-7-28-15-10(29-24-11)6-25(3)14(15)17(26)23-9-5-4-8(19)12(13(9)20)16(21)22/h4-6,11,16,24,27H,7H2,1-3H3,(H,23,26). The normalized spacial score (nSPS) is 16.9. The number of alkyl halides is 2. The van der Waals surface area contributed by atoms with E-state index in [4.69, 9.17) is 4.74 Å². The number of anilines is 1. The molecule has 3 rings (SSSR count). The van der Waals surface area contributed by atoms with Crippen LogP contribution in [0.3, 0.4) is 0 Å². The van der Waals surface area contributed by atoms with Crippen molar-refractivity contribution in [2.75, 3.05) is 11.9 Å². The highest BCUT2D eigenvalue weighted by Crippen LogP contribution is 2.37. The predicted octanol–water partition coefficient (Wildman–Crippen LogP) is 3.62. The maximum Gasteiger partial charge on any atom is 0.276 e. The highest BCUT2D eigenvalue weighted by molar-refractivity contribution is 7.97. The third kappa shape index (κ3) is 4.21. The van der Waals surface area contributed by atoms with E-state index in [1.807, 2.05) is 0 Å². The number of fused-ring (bicyclic) bond motifs is 1. The van der Waals surface area contributed by atoms with Gasteiger partial charge in [-0.15, -0.1) is 0 Å². The third-order valence-corrected chi connectivity index (χ3v) is 5.38. The molecule has 1 aromatic carbocycles. The van der Waals surface area contributed by atoms with Gasteiger partial charge in [-0.05, 0) is 37.9 Å². The summed E-state index contributed by atoms with van der Waals surface area (Å²) in [5.74, 6) is -3.55. The summed E-state index contributed by atoms with van der Waals surface area (Å²) in [6, 6.07) is 1.09. The number of carbonyl (C=O) groups is 1. The minimum Gasteiger partial charge on any atom is -0.488 e. The van der Waals surface area contributed by atoms with Crippen molar-refractivity contribution < 1.29 is 32.2 Å². The first kappa shape index (κ1) is 21.5. The molecule has 2 aromatic rings. The van der Waals surface area contributed by atoms with Crippen LogP contribution in [0.25, 0.3) is 0 Å². The van der Waals surface area contributed by atoms with E-state index in [-0.39, 0.29) is 18.1 Å². The Balaban J connectivity index is 1.89. The lowest BCUT2D eigenvalue weighted by atomic mass is 10.0. The van der Waals surface area contributed by atoms with Gasteiger partial charge in [-0.2, -0.15) is 0 Å². The Kier molecular flexibility index (Phi) is 5.84. The van der Waals surface area contributed by atoms with Gasteiger partial charge in [0.15, 0.2) is 17.3 Å². The number of hydrogen-bond acceptors (Lipinski definition) is 5. The Morgan fingerprint density at radius 3 is 2.72 bits per heavy atom. The Labute approximate surface area is 168 Å². The minimum atomic E-state index is -3.37. The van der Waals surface area contributed by atoms with E-state index in [0.29, 0.717) is 11.0 Å². The van der Waals surface area contributed by atoms with Crippen molar-refractivity contribution >= 4 is 23.5 Å². The average Bonchev–Trinajstić information content (AvgIpc) is 2.77. The van der Waals surface area contributed by atoms with Crippen molar-refractivity contribution in [1.29, 1.82) is 0 Å². The molecule has 0 saturated carbocycles. The van der Waals surface area contributed by atoms with E-state index in [9.17, 15) is 27.5 Å². The average molecular weight is 433 g/mol. The number of ether oxygens (including phenoxy) is 1. The number of amides is 1. The molecule has 0 bridgehead atoms. The van der Waals surface area contributed by atoms with Crippen LogP contribution < -0.4 is 14.8 Å². The smallest absolute Gasteiger partial charge is 0.276 e. The minimum absolute atomic E-state index is 0.0213. The van der Waals surface area contributed by atoms with Crippen molar-refractivity contribution in [3.05, 3.63) is 41.2 Å². The van der Waals surface area contributed by atoms with Gasteiger partial charge in [0, 0.05) is 13.2 Å². The summed E-state index contributed by atoms with van der Waals surface area (Å²) in [5, 5.41) is 12.4. The second-order valence-electron chi connectivity index (χ2n) is 7.10. The van der Waals surface area contributed by atoms with E-state index in [0.717, 1.165) is 18.0 Å². The van der Waals surface area contributed by atoms with Crippen molar-refractivity contribution in [1.82, 2.24) is 9.29 Å². The molecule has 0 radical (unpaired) electrons. The fourth-order valence-corrected chi connectivity index (χ4v) is 3.87. The third-order valence-electron chi connectivity index (χ3n) is 4.47. The summed E-state index contributed by atoms with van der Waals surface area (Å²) in [4.78, 5) is 13.3. The van der Waals surface area contributed by atoms with Crippen LogP contribution in [-0.4, -0.2) is 33.8 Å². The number of aryl methyl sites for hydroxylation is 1. The molecule has 1 atom stereocenters. The van der Waals surface area contributed by atoms with Crippen molar-refractivity contribution in [3.63, 3.8) is 0 Å². The maximum absolute atomic E-state index is 14.3. The van der Waals surface area contributed by atoms with Crippen LogP contribution in [-0.2, 0) is 7.05 Å². The Hall–Kier alpha value is -2.24. The van der Waals surface area contributed by atoms with Gasteiger partial charge in [0.25, 0.3) is 12.3 Å². The maximum atomic E-state index is 14.3. The molecule has 6 nitrogen and oxygen atoms in total. The Bertz CT molecular complexity index is 943. The van der Waals surface area contributed by atoms with Gasteiger partial charge in [-0.1, -0.05) is 0 Å². The first-order valence-corrected chi connectivity index (χ1v) is 9.36. The summed E-state index contributed by atoms with van der Waals surface area (Å²) in [7, 11) is 1.56. The zero-order valence-corrected chi connectivity index (χ0v) is 16.5. The molecule has 0 saturated heterocycles. The van der Waals surface area contributed by atoms with E-state index >= 15 is 0 Å². The lowest BCUT2D eigenvalue weighted by Crippen LogP contribution is -2.47. The first-order chi connectivity index (χ1) is 13.5. The van der Waals surface area contributed by atoms with Crippen LogP contribution in [0, 0.1) is 11.6 Å². The van der Waals surface area contributed by atoms with E-state index < -0.39 is 46.9 Å². The summed E-state index contributed by atoms with van der Waals surface area (Å²) >= 11 is 1.16.